The minimum absolute atomic E-state index is 0.209. The van der Waals surface area contributed by atoms with Gasteiger partial charge in [0.2, 0.25) is 5.91 Å². The Morgan fingerprint density at radius 1 is 1.54 bits per heavy atom. The lowest BCUT2D eigenvalue weighted by molar-refractivity contribution is -0.125. The zero-order valence-electron chi connectivity index (χ0n) is 8.60. The van der Waals surface area contributed by atoms with E-state index in [9.17, 15) is 4.79 Å². The van der Waals surface area contributed by atoms with Crippen LogP contribution in [0.3, 0.4) is 0 Å². The van der Waals surface area contributed by atoms with Crippen molar-refractivity contribution < 1.29 is 4.79 Å². The number of hydrogen-bond acceptors (Lipinski definition) is 2. The van der Waals surface area contributed by atoms with Gasteiger partial charge >= 0.3 is 0 Å². The van der Waals surface area contributed by atoms with Crippen molar-refractivity contribution in [2.24, 2.45) is 5.92 Å². The molecule has 0 spiro atoms. The fourth-order valence-electron chi connectivity index (χ4n) is 1.76. The summed E-state index contributed by atoms with van der Waals surface area (Å²) < 4.78 is 0. The molecule has 13 heavy (non-hydrogen) atoms. The van der Waals surface area contributed by atoms with Crippen LogP contribution >= 0.6 is 0 Å². The summed E-state index contributed by atoms with van der Waals surface area (Å²) in [5, 5.41) is 6.32. The summed E-state index contributed by atoms with van der Waals surface area (Å²) >= 11 is 0. The highest BCUT2D eigenvalue weighted by atomic mass is 16.1. The molecule has 1 saturated heterocycles. The van der Waals surface area contributed by atoms with E-state index in [1.54, 1.807) is 0 Å². The lowest BCUT2D eigenvalue weighted by atomic mass is 10.0. The molecule has 2 N–H and O–H groups in total. The van der Waals surface area contributed by atoms with Gasteiger partial charge in [-0.25, -0.2) is 0 Å². The molecule has 0 saturated carbocycles. The Bertz CT molecular complexity index is 160. The van der Waals surface area contributed by atoms with E-state index < -0.39 is 0 Å². The quantitative estimate of drug-likeness (QED) is 0.681. The third-order valence-corrected chi connectivity index (χ3v) is 2.76. The van der Waals surface area contributed by atoms with Crippen LogP contribution in [0, 0.1) is 5.92 Å². The van der Waals surface area contributed by atoms with Crippen molar-refractivity contribution >= 4 is 5.91 Å². The van der Waals surface area contributed by atoms with Gasteiger partial charge < -0.3 is 10.6 Å². The highest BCUT2D eigenvalue weighted by molar-refractivity contribution is 5.78. The lowest BCUT2D eigenvalue weighted by Gasteiger charge is -2.16. The normalized spacial score (nSPS) is 22.2. The molecule has 1 fully saturated rings. The number of amides is 1. The Hall–Kier alpha value is -0.570. The number of nitrogens with one attached hydrogen (secondary N) is 2. The van der Waals surface area contributed by atoms with Gasteiger partial charge in [0.1, 0.15) is 0 Å². The first-order valence-corrected chi connectivity index (χ1v) is 5.29. The van der Waals surface area contributed by atoms with Crippen LogP contribution in [0.1, 0.15) is 33.1 Å². The summed E-state index contributed by atoms with van der Waals surface area (Å²) in [7, 11) is 0. The first kappa shape index (κ1) is 10.5. The molecule has 1 atom stereocenters. The fourth-order valence-corrected chi connectivity index (χ4v) is 1.76. The first-order chi connectivity index (χ1) is 6.27. The van der Waals surface area contributed by atoms with Crippen LogP contribution in [0.2, 0.25) is 0 Å². The van der Waals surface area contributed by atoms with E-state index in [2.05, 4.69) is 24.5 Å². The predicted molar refractivity (Wildman–Crippen MR) is 53.5 cm³/mol. The maximum absolute atomic E-state index is 11.6. The van der Waals surface area contributed by atoms with E-state index in [1.165, 1.54) is 0 Å². The lowest BCUT2D eigenvalue weighted by Crippen LogP contribution is -2.39. The summed E-state index contributed by atoms with van der Waals surface area (Å²) in [4.78, 5) is 11.6. The van der Waals surface area contributed by atoms with Gasteiger partial charge in [-0.2, -0.15) is 0 Å². The number of carbonyl (C=O) groups excluding carboxylic acids is 1. The van der Waals surface area contributed by atoms with Crippen LogP contribution in [-0.4, -0.2) is 25.0 Å². The van der Waals surface area contributed by atoms with Crippen LogP contribution in [0.25, 0.3) is 0 Å². The van der Waals surface area contributed by atoms with E-state index in [-0.39, 0.29) is 11.8 Å². The molecule has 1 amide bonds. The van der Waals surface area contributed by atoms with Gasteiger partial charge in [-0.3, -0.25) is 4.79 Å². The summed E-state index contributed by atoms with van der Waals surface area (Å²) in [6.07, 6.45) is 2.97. The van der Waals surface area contributed by atoms with Gasteiger partial charge in [-0.1, -0.05) is 13.8 Å². The van der Waals surface area contributed by atoms with Gasteiger partial charge in [0.15, 0.2) is 0 Å². The molecular weight excluding hydrogens is 164 g/mol. The van der Waals surface area contributed by atoms with Gasteiger partial charge in [0, 0.05) is 18.5 Å². The molecule has 0 bridgehead atoms. The molecule has 1 rings (SSSR count). The molecule has 0 aromatic rings. The fraction of sp³-hybridized carbons (Fsp3) is 0.900. The molecule has 1 unspecified atom stereocenters. The molecule has 0 aromatic heterocycles. The summed E-state index contributed by atoms with van der Waals surface area (Å²) in [6.45, 7) is 6.11. The van der Waals surface area contributed by atoms with Crippen LogP contribution in [-0.2, 0) is 4.79 Å². The molecule has 1 heterocycles. The summed E-state index contributed by atoms with van der Waals surface area (Å²) in [5.41, 5.74) is 0. The monoisotopic (exact) mass is 184 g/mol. The van der Waals surface area contributed by atoms with Crippen molar-refractivity contribution in [3.8, 4) is 0 Å². The second-order valence-corrected chi connectivity index (χ2v) is 3.71. The topological polar surface area (TPSA) is 41.1 Å². The summed E-state index contributed by atoms with van der Waals surface area (Å²) in [6, 6.07) is 0.369. The third-order valence-electron chi connectivity index (χ3n) is 2.76. The Labute approximate surface area is 80.3 Å². The van der Waals surface area contributed by atoms with Crippen molar-refractivity contribution in [2.45, 2.75) is 39.2 Å². The zero-order valence-corrected chi connectivity index (χ0v) is 8.60. The molecule has 0 aliphatic carbocycles. The average Bonchev–Trinajstić information content (AvgIpc) is 2.59. The Balaban J connectivity index is 2.29. The maximum Gasteiger partial charge on any atom is 0.223 e. The predicted octanol–water partition coefficient (Wildman–Crippen LogP) is 0.901. The molecule has 1 aliphatic heterocycles. The second-order valence-electron chi connectivity index (χ2n) is 3.71. The Morgan fingerprint density at radius 3 is 2.69 bits per heavy atom. The first-order valence-electron chi connectivity index (χ1n) is 5.29. The Morgan fingerprint density at radius 2 is 2.23 bits per heavy atom. The maximum atomic E-state index is 11.6. The van der Waals surface area contributed by atoms with Crippen molar-refractivity contribution in [1.82, 2.24) is 10.6 Å². The number of rotatable bonds is 4. The van der Waals surface area contributed by atoms with Gasteiger partial charge in [-0.05, 0) is 25.8 Å². The Kier molecular flexibility index (Phi) is 4.22. The van der Waals surface area contributed by atoms with Crippen LogP contribution in [0.15, 0.2) is 0 Å². The largest absolute Gasteiger partial charge is 0.352 e. The number of carbonyl (C=O) groups is 1. The molecular formula is C10H20N2O. The minimum Gasteiger partial charge on any atom is -0.352 e. The van der Waals surface area contributed by atoms with E-state index >= 15 is 0 Å². The van der Waals surface area contributed by atoms with Crippen molar-refractivity contribution in [3.05, 3.63) is 0 Å². The van der Waals surface area contributed by atoms with E-state index in [4.69, 9.17) is 0 Å². The number of hydrogen-bond donors (Lipinski definition) is 2. The van der Waals surface area contributed by atoms with Crippen LogP contribution < -0.4 is 10.6 Å². The molecule has 76 valence electrons. The van der Waals surface area contributed by atoms with Gasteiger partial charge in [0.25, 0.3) is 0 Å². The highest BCUT2D eigenvalue weighted by Gasteiger charge is 2.20. The van der Waals surface area contributed by atoms with Crippen LogP contribution in [0.5, 0.6) is 0 Å². The van der Waals surface area contributed by atoms with Crippen molar-refractivity contribution in [1.29, 1.82) is 0 Å². The van der Waals surface area contributed by atoms with Gasteiger partial charge in [0.05, 0.1) is 0 Å². The average molecular weight is 184 g/mol. The van der Waals surface area contributed by atoms with Crippen molar-refractivity contribution in [2.75, 3.05) is 13.1 Å². The molecule has 0 radical (unpaired) electrons. The zero-order chi connectivity index (χ0) is 9.68. The molecule has 0 aromatic carbocycles. The summed E-state index contributed by atoms with van der Waals surface area (Å²) in [5.74, 6) is 0.444. The smallest absolute Gasteiger partial charge is 0.223 e. The van der Waals surface area contributed by atoms with E-state index in [0.29, 0.717) is 6.04 Å². The van der Waals surface area contributed by atoms with E-state index in [1.807, 2.05) is 0 Å². The third kappa shape index (κ3) is 2.99. The molecule has 3 nitrogen and oxygen atoms in total. The molecule has 1 aliphatic rings. The SMILES string of the molecule is CCC(CC)C(=O)NC1CCNC1. The minimum atomic E-state index is 0.209. The molecule has 3 heteroatoms. The standard InChI is InChI=1S/C10H20N2O/c1-3-8(4-2)10(13)12-9-5-6-11-7-9/h8-9,11H,3-7H2,1-2H3,(H,12,13). The van der Waals surface area contributed by atoms with Crippen LogP contribution in [0.4, 0.5) is 0 Å². The van der Waals surface area contributed by atoms with Crippen molar-refractivity contribution in [3.63, 3.8) is 0 Å². The van der Waals surface area contributed by atoms with Gasteiger partial charge in [-0.15, -0.1) is 0 Å². The van der Waals surface area contributed by atoms with E-state index in [0.717, 1.165) is 32.4 Å². The highest BCUT2D eigenvalue weighted by Crippen LogP contribution is 2.08. The second kappa shape index (κ2) is 5.22.